The van der Waals surface area contributed by atoms with Crippen LogP contribution < -0.4 is 9.47 Å². The molecule has 0 bridgehead atoms. The van der Waals surface area contributed by atoms with Gasteiger partial charge in [-0.25, -0.2) is 0 Å². The average molecular weight is 419 g/mol. The lowest BCUT2D eigenvalue weighted by atomic mass is 10.0. The van der Waals surface area contributed by atoms with Crippen molar-refractivity contribution in [1.29, 1.82) is 0 Å². The lowest BCUT2D eigenvalue weighted by molar-refractivity contribution is -0.137. The molecule has 1 aromatic carbocycles. The van der Waals surface area contributed by atoms with Crippen LogP contribution in [0.25, 0.3) is 0 Å². The molecule has 0 unspecified atom stereocenters. The molecule has 30 heavy (non-hydrogen) atoms. The van der Waals surface area contributed by atoms with Gasteiger partial charge in [0.15, 0.2) is 11.5 Å². The van der Waals surface area contributed by atoms with E-state index in [1.165, 1.54) is 25.7 Å². The second kappa shape index (κ2) is 15.9. The van der Waals surface area contributed by atoms with Crippen LogP contribution in [0.5, 0.6) is 11.5 Å². The molecular formula is C26H42O4. The summed E-state index contributed by atoms with van der Waals surface area (Å²) in [6.45, 7) is 8.59. The van der Waals surface area contributed by atoms with Crippen molar-refractivity contribution in [2.24, 2.45) is 5.92 Å². The Labute approximate surface area is 183 Å². The summed E-state index contributed by atoms with van der Waals surface area (Å²) in [7, 11) is 0. The Bertz CT molecular complexity index is 621. The largest absolute Gasteiger partial charge is 0.423 e. The van der Waals surface area contributed by atoms with Gasteiger partial charge < -0.3 is 9.47 Å². The first-order valence-corrected chi connectivity index (χ1v) is 12.0. The summed E-state index contributed by atoms with van der Waals surface area (Å²) in [6.07, 6.45) is 12.3. The van der Waals surface area contributed by atoms with Crippen LogP contribution in [0.4, 0.5) is 0 Å². The normalized spacial score (nSPS) is 11.0. The summed E-state index contributed by atoms with van der Waals surface area (Å²) in [5, 5.41) is 0. The van der Waals surface area contributed by atoms with Crippen LogP contribution in [-0.4, -0.2) is 11.9 Å². The van der Waals surface area contributed by atoms with Gasteiger partial charge >= 0.3 is 11.9 Å². The predicted molar refractivity (Wildman–Crippen MR) is 123 cm³/mol. The van der Waals surface area contributed by atoms with Gasteiger partial charge in [0, 0.05) is 12.8 Å². The number of carbonyl (C=O) groups is 2. The van der Waals surface area contributed by atoms with E-state index in [0.717, 1.165) is 50.5 Å². The van der Waals surface area contributed by atoms with Crippen LogP contribution in [0.1, 0.15) is 110 Å². The summed E-state index contributed by atoms with van der Waals surface area (Å²) in [4.78, 5) is 24.8. The van der Waals surface area contributed by atoms with E-state index in [1.807, 2.05) is 12.1 Å². The van der Waals surface area contributed by atoms with Crippen LogP contribution >= 0.6 is 0 Å². The van der Waals surface area contributed by atoms with Crippen LogP contribution in [0, 0.1) is 5.92 Å². The molecule has 0 radical (unpaired) electrons. The molecule has 0 aliphatic rings. The van der Waals surface area contributed by atoms with E-state index in [4.69, 9.17) is 9.47 Å². The van der Waals surface area contributed by atoms with Crippen molar-refractivity contribution in [3.8, 4) is 11.5 Å². The molecule has 1 rings (SSSR count). The number of rotatable bonds is 16. The zero-order valence-electron chi connectivity index (χ0n) is 19.6. The van der Waals surface area contributed by atoms with Crippen molar-refractivity contribution >= 4 is 11.9 Å². The molecule has 0 amide bonds. The molecule has 0 aromatic heterocycles. The number of hydrogen-bond donors (Lipinski definition) is 0. The molecule has 170 valence electrons. The molecule has 4 heteroatoms. The van der Waals surface area contributed by atoms with Crippen LogP contribution in [0.2, 0.25) is 0 Å². The third-order valence-corrected chi connectivity index (χ3v) is 5.10. The molecule has 1 aromatic rings. The number of para-hydroxylation sites is 1. The molecule has 0 aliphatic carbocycles. The maximum absolute atomic E-state index is 12.4. The van der Waals surface area contributed by atoms with Gasteiger partial charge in [-0.05, 0) is 36.8 Å². The van der Waals surface area contributed by atoms with E-state index in [1.54, 1.807) is 6.07 Å². The minimum absolute atomic E-state index is 0.250. The quantitative estimate of drug-likeness (QED) is 0.159. The maximum Gasteiger partial charge on any atom is 0.311 e. The molecule has 4 nitrogen and oxygen atoms in total. The molecule has 0 atom stereocenters. The predicted octanol–water partition coefficient (Wildman–Crippen LogP) is 7.42. The topological polar surface area (TPSA) is 52.6 Å². The molecule has 0 N–H and O–H groups in total. The number of benzene rings is 1. The lowest BCUT2D eigenvalue weighted by Gasteiger charge is -2.16. The Morgan fingerprint density at radius 2 is 1.30 bits per heavy atom. The van der Waals surface area contributed by atoms with Crippen molar-refractivity contribution in [3.63, 3.8) is 0 Å². The third kappa shape index (κ3) is 11.4. The fourth-order valence-electron chi connectivity index (χ4n) is 3.44. The van der Waals surface area contributed by atoms with Gasteiger partial charge in [-0.2, -0.15) is 0 Å². The number of esters is 2. The standard InChI is InChI=1S/C26H42O4/c1-5-7-9-11-13-18-24(27)29-23-17-15-16-22(20-21(3)4)26(23)30-25(28)19-14-12-10-8-6-2/h15-17,21H,5-14,18-20H2,1-4H3. The summed E-state index contributed by atoms with van der Waals surface area (Å²) < 4.78 is 11.3. The molecule has 0 fully saturated rings. The fraction of sp³-hybridized carbons (Fsp3) is 0.692. The number of carbonyl (C=O) groups excluding carboxylic acids is 2. The van der Waals surface area contributed by atoms with E-state index < -0.39 is 0 Å². The van der Waals surface area contributed by atoms with Gasteiger partial charge in [0.25, 0.3) is 0 Å². The zero-order valence-corrected chi connectivity index (χ0v) is 19.6. The zero-order chi connectivity index (χ0) is 22.2. The molecule has 0 aliphatic heterocycles. The fourth-order valence-corrected chi connectivity index (χ4v) is 3.44. The Balaban J connectivity index is 2.73. The number of ether oxygens (including phenoxy) is 2. The Morgan fingerprint density at radius 1 is 0.767 bits per heavy atom. The van der Waals surface area contributed by atoms with Gasteiger partial charge in [-0.15, -0.1) is 0 Å². The van der Waals surface area contributed by atoms with E-state index in [9.17, 15) is 9.59 Å². The minimum atomic E-state index is -0.259. The summed E-state index contributed by atoms with van der Waals surface area (Å²) in [6, 6.07) is 5.54. The van der Waals surface area contributed by atoms with Crippen molar-refractivity contribution in [1.82, 2.24) is 0 Å². The summed E-state index contributed by atoms with van der Waals surface area (Å²) in [5.74, 6) is 0.681. The number of unbranched alkanes of at least 4 members (excludes halogenated alkanes) is 8. The highest BCUT2D eigenvalue weighted by atomic mass is 16.6. The van der Waals surface area contributed by atoms with Gasteiger partial charge in [0.1, 0.15) is 0 Å². The summed E-state index contributed by atoms with van der Waals surface area (Å²) >= 11 is 0. The first-order valence-electron chi connectivity index (χ1n) is 12.0. The highest BCUT2D eigenvalue weighted by Gasteiger charge is 2.18. The van der Waals surface area contributed by atoms with E-state index in [0.29, 0.717) is 30.3 Å². The Morgan fingerprint density at radius 3 is 1.83 bits per heavy atom. The molecular weight excluding hydrogens is 376 g/mol. The smallest absolute Gasteiger partial charge is 0.311 e. The van der Waals surface area contributed by atoms with Gasteiger partial charge in [-0.3, -0.25) is 9.59 Å². The molecule has 0 spiro atoms. The minimum Gasteiger partial charge on any atom is -0.423 e. The van der Waals surface area contributed by atoms with Crippen molar-refractivity contribution < 1.29 is 19.1 Å². The van der Waals surface area contributed by atoms with Crippen LogP contribution in [0.15, 0.2) is 18.2 Å². The second-order valence-corrected chi connectivity index (χ2v) is 8.62. The average Bonchev–Trinajstić information content (AvgIpc) is 2.69. The highest BCUT2D eigenvalue weighted by molar-refractivity contribution is 5.76. The van der Waals surface area contributed by atoms with Gasteiger partial charge in [0.2, 0.25) is 0 Å². The van der Waals surface area contributed by atoms with E-state index in [-0.39, 0.29) is 11.9 Å². The van der Waals surface area contributed by atoms with E-state index >= 15 is 0 Å². The van der Waals surface area contributed by atoms with Crippen molar-refractivity contribution in [3.05, 3.63) is 23.8 Å². The highest BCUT2D eigenvalue weighted by Crippen LogP contribution is 2.34. The third-order valence-electron chi connectivity index (χ3n) is 5.10. The summed E-state index contributed by atoms with van der Waals surface area (Å²) in [5.41, 5.74) is 0.914. The SMILES string of the molecule is CCCCCCCC(=O)Oc1cccc(CC(C)C)c1OC(=O)CCCCCCC. The number of hydrogen-bond acceptors (Lipinski definition) is 4. The monoisotopic (exact) mass is 418 g/mol. The lowest BCUT2D eigenvalue weighted by Crippen LogP contribution is -2.14. The molecule has 0 saturated carbocycles. The Hall–Kier alpha value is -1.84. The first-order chi connectivity index (χ1) is 14.5. The van der Waals surface area contributed by atoms with E-state index in [2.05, 4.69) is 27.7 Å². The first kappa shape index (κ1) is 26.2. The van der Waals surface area contributed by atoms with Crippen LogP contribution in [-0.2, 0) is 16.0 Å². The van der Waals surface area contributed by atoms with Crippen molar-refractivity contribution in [2.75, 3.05) is 0 Å². The second-order valence-electron chi connectivity index (χ2n) is 8.62. The molecule has 0 heterocycles. The van der Waals surface area contributed by atoms with Gasteiger partial charge in [0.05, 0.1) is 0 Å². The van der Waals surface area contributed by atoms with Gasteiger partial charge in [-0.1, -0.05) is 91.2 Å². The van der Waals surface area contributed by atoms with Crippen LogP contribution in [0.3, 0.4) is 0 Å². The molecule has 0 saturated heterocycles. The van der Waals surface area contributed by atoms with Crippen molar-refractivity contribution in [2.45, 2.75) is 111 Å². The maximum atomic E-state index is 12.4. The Kier molecular flexibility index (Phi) is 13.9.